The SMILES string of the molecule is Cc1c(C)c2c(c(C)c1O)CCC(C)(COc1ccc(N(S)C(=O)Nc3ccc4ccccc4c3)cc1)O2. The van der Waals surface area contributed by atoms with Crippen LogP contribution in [0.4, 0.5) is 16.2 Å². The van der Waals surface area contributed by atoms with E-state index in [9.17, 15) is 9.90 Å². The third-order valence-corrected chi connectivity index (χ3v) is 7.82. The van der Waals surface area contributed by atoms with Gasteiger partial charge in [0, 0.05) is 11.3 Å². The number of urea groups is 1. The van der Waals surface area contributed by atoms with Gasteiger partial charge in [0.25, 0.3) is 0 Å². The third-order valence-electron chi connectivity index (χ3n) is 7.41. The fourth-order valence-corrected chi connectivity index (χ4v) is 5.06. The van der Waals surface area contributed by atoms with Crippen molar-refractivity contribution in [3.63, 3.8) is 0 Å². The number of benzene rings is 4. The van der Waals surface area contributed by atoms with Gasteiger partial charge in [0.15, 0.2) is 0 Å². The van der Waals surface area contributed by atoms with Crippen molar-refractivity contribution in [2.24, 2.45) is 0 Å². The number of nitrogens with one attached hydrogen (secondary N) is 1. The zero-order valence-corrected chi connectivity index (χ0v) is 22.9. The molecule has 38 heavy (non-hydrogen) atoms. The Morgan fingerprint density at radius 3 is 2.47 bits per heavy atom. The minimum absolute atomic E-state index is 0.356. The summed E-state index contributed by atoms with van der Waals surface area (Å²) in [5.74, 6) is 1.89. The Bertz CT molecular complexity index is 1520. The molecular weight excluding hydrogens is 496 g/mol. The molecule has 5 rings (SSSR count). The Labute approximate surface area is 228 Å². The van der Waals surface area contributed by atoms with Crippen LogP contribution < -0.4 is 19.1 Å². The number of anilines is 2. The molecule has 1 atom stereocenters. The molecule has 0 saturated heterocycles. The molecule has 6 nitrogen and oxygen atoms in total. The highest BCUT2D eigenvalue weighted by Gasteiger charge is 2.35. The molecule has 1 unspecified atom stereocenters. The summed E-state index contributed by atoms with van der Waals surface area (Å²) in [4.78, 5) is 12.8. The number of phenolic OH excluding ortho intramolecular Hbond substituents is 1. The fourth-order valence-electron chi connectivity index (χ4n) is 4.88. The van der Waals surface area contributed by atoms with Crippen molar-refractivity contribution in [1.29, 1.82) is 0 Å². The smallest absolute Gasteiger partial charge is 0.336 e. The fraction of sp³-hybridized carbons (Fsp3) is 0.258. The number of hydrogen-bond donors (Lipinski definition) is 3. The van der Waals surface area contributed by atoms with E-state index in [4.69, 9.17) is 9.47 Å². The zero-order valence-electron chi connectivity index (χ0n) is 22.0. The van der Waals surface area contributed by atoms with Crippen molar-refractivity contribution in [1.82, 2.24) is 0 Å². The minimum Gasteiger partial charge on any atom is -0.507 e. The molecule has 0 radical (unpaired) electrons. The quantitative estimate of drug-likeness (QED) is 0.234. The number of hydrogen-bond acceptors (Lipinski definition) is 5. The third kappa shape index (κ3) is 4.98. The zero-order chi connectivity index (χ0) is 27.0. The van der Waals surface area contributed by atoms with Gasteiger partial charge in [-0.1, -0.05) is 43.1 Å². The number of aromatic hydroxyl groups is 1. The van der Waals surface area contributed by atoms with Crippen LogP contribution in [-0.4, -0.2) is 23.3 Å². The molecule has 4 aromatic carbocycles. The second-order valence-corrected chi connectivity index (χ2v) is 10.6. The number of thiol groups is 1. The van der Waals surface area contributed by atoms with E-state index in [1.807, 2.05) is 82.3 Å². The monoisotopic (exact) mass is 528 g/mol. The summed E-state index contributed by atoms with van der Waals surface area (Å²) in [7, 11) is 0. The number of rotatable bonds is 5. The molecule has 0 aromatic heterocycles. The Balaban J connectivity index is 1.21. The molecule has 0 fully saturated rings. The predicted molar refractivity (Wildman–Crippen MR) is 156 cm³/mol. The molecule has 196 valence electrons. The normalized spacial score (nSPS) is 16.4. The lowest BCUT2D eigenvalue weighted by Gasteiger charge is -2.37. The van der Waals surface area contributed by atoms with Crippen LogP contribution in [0, 0.1) is 20.8 Å². The van der Waals surface area contributed by atoms with Crippen LogP contribution in [0.3, 0.4) is 0 Å². The first kappa shape index (κ1) is 25.8. The summed E-state index contributed by atoms with van der Waals surface area (Å²) in [5.41, 5.74) is 4.60. The minimum atomic E-state index is -0.498. The van der Waals surface area contributed by atoms with Crippen molar-refractivity contribution in [2.45, 2.75) is 46.1 Å². The highest BCUT2D eigenvalue weighted by Crippen LogP contribution is 2.43. The molecule has 7 heteroatoms. The van der Waals surface area contributed by atoms with E-state index in [1.165, 1.54) is 4.31 Å². The second kappa shape index (κ2) is 10.1. The molecule has 2 N–H and O–H groups in total. The van der Waals surface area contributed by atoms with Crippen LogP contribution in [0.15, 0.2) is 66.7 Å². The van der Waals surface area contributed by atoms with E-state index < -0.39 is 5.60 Å². The predicted octanol–water partition coefficient (Wildman–Crippen LogP) is 7.52. The number of nitrogens with zero attached hydrogens (tertiary/aromatic N) is 1. The summed E-state index contributed by atoms with van der Waals surface area (Å²) in [5, 5.41) is 15.5. The van der Waals surface area contributed by atoms with Crippen LogP contribution in [-0.2, 0) is 6.42 Å². The van der Waals surface area contributed by atoms with Crippen LogP contribution >= 0.6 is 12.8 Å². The molecule has 0 saturated carbocycles. The Kier molecular flexibility index (Phi) is 6.88. The lowest BCUT2D eigenvalue weighted by Crippen LogP contribution is -2.42. The molecule has 0 bridgehead atoms. The Morgan fingerprint density at radius 2 is 1.74 bits per heavy atom. The molecule has 2 amide bonds. The van der Waals surface area contributed by atoms with E-state index in [2.05, 4.69) is 18.1 Å². The number of carbonyl (C=O) groups excluding carboxylic acids is 1. The van der Waals surface area contributed by atoms with E-state index in [-0.39, 0.29) is 6.03 Å². The van der Waals surface area contributed by atoms with Gasteiger partial charge in [0.1, 0.15) is 29.5 Å². The van der Waals surface area contributed by atoms with E-state index in [1.54, 1.807) is 12.1 Å². The lowest BCUT2D eigenvalue weighted by molar-refractivity contribution is 0.0166. The lowest BCUT2D eigenvalue weighted by atomic mass is 9.87. The maximum Gasteiger partial charge on any atom is 0.336 e. The van der Waals surface area contributed by atoms with E-state index >= 15 is 0 Å². The van der Waals surface area contributed by atoms with E-state index in [0.29, 0.717) is 29.5 Å². The van der Waals surface area contributed by atoms with Crippen molar-refractivity contribution in [2.75, 3.05) is 16.2 Å². The Morgan fingerprint density at radius 1 is 1.03 bits per heavy atom. The molecule has 0 spiro atoms. The topological polar surface area (TPSA) is 71.0 Å². The number of ether oxygens (including phenoxy) is 2. The highest BCUT2D eigenvalue weighted by atomic mass is 32.1. The number of carbonyl (C=O) groups is 1. The number of amides is 2. The van der Waals surface area contributed by atoms with Gasteiger partial charge in [-0.25, -0.2) is 9.10 Å². The van der Waals surface area contributed by atoms with Gasteiger partial charge >= 0.3 is 6.03 Å². The summed E-state index contributed by atoms with van der Waals surface area (Å²) in [6.45, 7) is 8.26. The van der Waals surface area contributed by atoms with Gasteiger partial charge in [-0.05, 0) is 104 Å². The van der Waals surface area contributed by atoms with Crippen LogP contribution in [0.1, 0.15) is 35.6 Å². The first-order chi connectivity index (χ1) is 18.1. The standard InChI is InChI=1S/C31H32N2O4S/c1-19-20(2)29-27(21(3)28(19)34)15-16-31(4,37-29)18-36-26-13-11-25(12-14-26)33(38)30(35)32-24-10-9-22-7-5-6-8-23(22)17-24/h5-14,17,34,38H,15-16,18H2,1-4H3,(H,32,35). The summed E-state index contributed by atoms with van der Waals surface area (Å²) >= 11 is 4.40. The van der Waals surface area contributed by atoms with Crippen LogP contribution in [0.25, 0.3) is 10.8 Å². The first-order valence-electron chi connectivity index (χ1n) is 12.7. The van der Waals surface area contributed by atoms with Crippen molar-refractivity contribution in [3.8, 4) is 17.2 Å². The molecule has 0 aliphatic carbocycles. The number of phenols is 1. The van der Waals surface area contributed by atoms with Crippen LogP contribution in [0.5, 0.6) is 17.2 Å². The van der Waals surface area contributed by atoms with Crippen molar-refractivity contribution < 1.29 is 19.4 Å². The van der Waals surface area contributed by atoms with Gasteiger partial charge in [0.05, 0.1) is 5.69 Å². The van der Waals surface area contributed by atoms with Crippen LogP contribution in [0.2, 0.25) is 0 Å². The van der Waals surface area contributed by atoms with Gasteiger partial charge in [0.2, 0.25) is 0 Å². The largest absolute Gasteiger partial charge is 0.507 e. The molecule has 1 aliphatic heterocycles. The highest BCUT2D eigenvalue weighted by molar-refractivity contribution is 7.82. The second-order valence-electron chi connectivity index (χ2n) is 10.2. The maximum atomic E-state index is 12.8. The van der Waals surface area contributed by atoms with Gasteiger partial charge in [-0.3, -0.25) is 0 Å². The number of fused-ring (bicyclic) bond motifs is 2. The average molecular weight is 529 g/mol. The average Bonchev–Trinajstić information content (AvgIpc) is 2.93. The van der Waals surface area contributed by atoms with Gasteiger partial charge in [-0.15, -0.1) is 0 Å². The first-order valence-corrected chi connectivity index (χ1v) is 13.1. The van der Waals surface area contributed by atoms with Crippen molar-refractivity contribution in [3.05, 3.63) is 89.0 Å². The molecular formula is C31H32N2O4S. The van der Waals surface area contributed by atoms with Crippen molar-refractivity contribution >= 4 is 41.0 Å². The summed E-state index contributed by atoms with van der Waals surface area (Å²) in [6.07, 6.45) is 1.59. The van der Waals surface area contributed by atoms with Gasteiger partial charge < -0.3 is 19.9 Å². The van der Waals surface area contributed by atoms with Gasteiger partial charge in [-0.2, -0.15) is 0 Å². The molecule has 4 aromatic rings. The summed E-state index contributed by atoms with van der Waals surface area (Å²) in [6, 6.07) is 20.6. The Hall–Kier alpha value is -3.84. The molecule has 1 heterocycles. The molecule has 1 aliphatic rings. The van der Waals surface area contributed by atoms with E-state index in [0.717, 1.165) is 51.6 Å². The maximum absolute atomic E-state index is 12.8. The summed E-state index contributed by atoms with van der Waals surface area (Å²) < 4.78 is 13.8.